The molecule has 0 heterocycles. The van der Waals surface area contributed by atoms with Crippen LogP contribution >= 0.6 is 0 Å². The molecule has 0 N–H and O–H groups in total. The average molecular weight is 293 g/mol. The third-order valence-corrected chi connectivity index (χ3v) is 6.58. The largest absolute Gasteiger partial charge is 0.395 e. The van der Waals surface area contributed by atoms with E-state index in [1.807, 2.05) is 39.1 Å². The molecule has 0 aliphatic heterocycles. The maximum Gasteiger partial charge on any atom is 0.360 e. The molecule has 0 spiro atoms. The van der Waals surface area contributed by atoms with Crippen LogP contribution in [0.2, 0.25) is 6.55 Å². The van der Waals surface area contributed by atoms with E-state index >= 15 is 0 Å². The molecule has 0 aromatic rings. The lowest BCUT2D eigenvalue weighted by Crippen LogP contribution is -2.33. The Morgan fingerprint density at radius 1 is 1.11 bits per heavy atom. The maximum atomic E-state index is 5.35. The van der Waals surface area contributed by atoms with Crippen LogP contribution in [0.4, 0.5) is 0 Å². The topological polar surface area (TPSA) is 36.9 Å². The van der Waals surface area contributed by atoms with Crippen molar-refractivity contribution in [2.75, 3.05) is 27.4 Å². The molecule has 6 heteroatoms. The van der Waals surface area contributed by atoms with Gasteiger partial charge in [0.1, 0.15) is 0 Å². The fourth-order valence-corrected chi connectivity index (χ4v) is 2.68. The third kappa shape index (κ3) is 10.9. The molecule has 0 bridgehead atoms. The molecule has 18 heavy (non-hydrogen) atoms. The molecular formula is C12H28O4Si2. The van der Waals surface area contributed by atoms with Crippen molar-refractivity contribution in [1.29, 1.82) is 0 Å². The van der Waals surface area contributed by atoms with Crippen molar-refractivity contribution in [2.45, 2.75) is 27.3 Å². The molecule has 0 aliphatic rings. The zero-order valence-electron chi connectivity index (χ0n) is 12.6. The summed E-state index contributed by atoms with van der Waals surface area (Å²) in [7, 11) is -0.0491. The Balaban J connectivity index is 0. The first-order valence-electron chi connectivity index (χ1n) is 6.13. The molecule has 0 unspecified atom stereocenters. The minimum atomic E-state index is -1.91. The summed E-state index contributed by atoms with van der Waals surface area (Å²) in [5.74, 6) is 0. The minimum absolute atomic E-state index is 0.751. The predicted octanol–water partition coefficient (Wildman–Crippen LogP) is 2.47. The monoisotopic (exact) mass is 292 g/mol. The molecule has 0 aromatic heterocycles. The van der Waals surface area contributed by atoms with Crippen LogP contribution in [0.5, 0.6) is 0 Å². The van der Waals surface area contributed by atoms with E-state index in [9.17, 15) is 0 Å². The maximum absolute atomic E-state index is 5.35. The van der Waals surface area contributed by atoms with Gasteiger partial charge in [0.05, 0.1) is 0 Å². The van der Waals surface area contributed by atoms with Crippen LogP contribution in [0.1, 0.15) is 20.8 Å². The molecule has 0 radical (unpaired) electrons. The van der Waals surface area contributed by atoms with Gasteiger partial charge in [-0.05, 0) is 38.7 Å². The van der Waals surface area contributed by atoms with Crippen molar-refractivity contribution < 1.29 is 17.7 Å². The van der Waals surface area contributed by atoms with Gasteiger partial charge < -0.3 is 17.7 Å². The van der Waals surface area contributed by atoms with Crippen LogP contribution in [-0.4, -0.2) is 45.3 Å². The summed E-state index contributed by atoms with van der Waals surface area (Å²) in [5, 5.41) is 0. The SMILES string of the molecule is C=C[Si](C)(OC)OC.CC=C[SiH](OCC)OCC. The van der Waals surface area contributed by atoms with Crippen LogP contribution in [-0.2, 0) is 17.7 Å². The van der Waals surface area contributed by atoms with Gasteiger partial charge in [0.15, 0.2) is 0 Å². The highest BCUT2D eigenvalue weighted by molar-refractivity contribution is 6.71. The van der Waals surface area contributed by atoms with Gasteiger partial charge in [-0.1, -0.05) is 6.08 Å². The molecule has 0 saturated carbocycles. The Labute approximate surface area is 115 Å². The Bertz CT molecular complexity index is 212. The van der Waals surface area contributed by atoms with Crippen molar-refractivity contribution in [3.05, 3.63) is 24.1 Å². The number of hydrogen-bond acceptors (Lipinski definition) is 4. The summed E-state index contributed by atoms with van der Waals surface area (Å²) < 4.78 is 20.8. The number of allylic oxidation sites excluding steroid dienone is 1. The van der Waals surface area contributed by atoms with Crippen molar-refractivity contribution in [3.63, 3.8) is 0 Å². The summed E-state index contributed by atoms with van der Waals surface area (Å²) in [5.41, 5.74) is 3.78. The quantitative estimate of drug-likeness (QED) is 0.644. The predicted molar refractivity (Wildman–Crippen MR) is 81.0 cm³/mol. The van der Waals surface area contributed by atoms with Gasteiger partial charge in [0.25, 0.3) is 0 Å². The first-order chi connectivity index (χ1) is 8.53. The lowest BCUT2D eigenvalue weighted by atomic mass is 10.8. The van der Waals surface area contributed by atoms with Crippen molar-refractivity contribution in [3.8, 4) is 0 Å². The van der Waals surface area contributed by atoms with E-state index in [0.717, 1.165) is 13.2 Å². The molecular weight excluding hydrogens is 264 g/mol. The lowest BCUT2D eigenvalue weighted by Gasteiger charge is -2.16. The summed E-state index contributed by atoms with van der Waals surface area (Å²) in [4.78, 5) is 0. The highest BCUT2D eigenvalue weighted by atomic mass is 28.4. The summed E-state index contributed by atoms with van der Waals surface area (Å²) in [6, 6.07) is 0. The van der Waals surface area contributed by atoms with Crippen LogP contribution in [0, 0.1) is 0 Å². The van der Waals surface area contributed by atoms with Gasteiger partial charge in [-0.25, -0.2) is 0 Å². The molecule has 4 nitrogen and oxygen atoms in total. The Morgan fingerprint density at radius 2 is 1.56 bits per heavy atom. The summed E-state index contributed by atoms with van der Waals surface area (Å²) >= 11 is 0. The molecule has 108 valence electrons. The van der Waals surface area contributed by atoms with Gasteiger partial charge in [-0.3, -0.25) is 0 Å². The molecule has 0 aliphatic carbocycles. The van der Waals surface area contributed by atoms with Crippen molar-refractivity contribution in [1.82, 2.24) is 0 Å². The second-order valence-electron chi connectivity index (χ2n) is 3.43. The van der Waals surface area contributed by atoms with Crippen LogP contribution in [0.25, 0.3) is 0 Å². The van der Waals surface area contributed by atoms with E-state index < -0.39 is 17.8 Å². The van der Waals surface area contributed by atoms with Gasteiger partial charge in [-0.2, -0.15) is 0 Å². The standard InChI is InChI=1S/C7H16O2Si.C5H12O2Si/c1-4-7-10(8-5-2)9-6-3;1-5-8(4,6-2)7-3/h4,7,10H,5-6H2,1-3H3;5H,1H2,2-4H3. The summed E-state index contributed by atoms with van der Waals surface area (Å²) in [6.07, 6.45) is 1.99. The van der Waals surface area contributed by atoms with Crippen LogP contribution < -0.4 is 0 Å². The molecule has 0 aromatic carbocycles. The molecule has 0 atom stereocenters. The van der Waals surface area contributed by atoms with E-state index in [0.29, 0.717) is 0 Å². The van der Waals surface area contributed by atoms with Gasteiger partial charge in [0.2, 0.25) is 0 Å². The fraction of sp³-hybridized carbons (Fsp3) is 0.667. The van der Waals surface area contributed by atoms with Crippen molar-refractivity contribution in [2.24, 2.45) is 0 Å². The minimum Gasteiger partial charge on any atom is -0.395 e. The Morgan fingerprint density at radius 3 is 1.72 bits per heavy atom. The zero-order valence-corrected chi connectivity index (χ0v) is 14.7. The second kappa shape index (κ2) is 13.2. The number of rotatable bonds is 8. The molecule has 0 saturated heterocycles. The van der Waals surface area contributed by atoms with E-state index in [-0.39, 0.29) is 0 Å². The third-order valence-electron chi connectivity index (χ3n) is 2.19. The summed E-state index contributed by atoms with van der Waals surface area (Å²) in [6.45, 7) is 13.0. The molecule has 0 fully saturated rings. The molecule has 0 rings (SSSR count). The highest BCUT2D eigenvalue weighted by Gasteiger charge is 2.22. The first kappa shape index (κ1) is 20.1. The van der Waals surface area contributed by atoms with E-state index in [2.05, 4.69) is 6.58 Å². The Hall–Kier alpha value is -0.246. The Kier molecular flexibility index (Phi) is 14.7. The molecule has 0 amide bonds. The average Bonchev–Trinajstić information content (AvgIpc) is 2.39. The van der Waals surface area contributed by atoms with E-state index in [1.165, 1.54) is 0 Å². The first-order valence-corrected chi connectivity index (χ1v) is 10.1. The van der Waals surface area contributed by atoms with E-state index in [4.69, 9.17) is 17.7 Å². The van der Waals surface area contributed by atoms with E-state index in [1.54, 1.807) is 19.9 Å². The van der Waals surface area contributed by atoms with Crippen molar-refractivity contribution >= 4 is 17.8 Å². The second-order valence-corrected chi connectivity index (χ2v) is 8.48. The van der Waals surface area contributed by atoms with Gasteiger partial charge in [-0.15, -0.1) is 6.58 Å². The fourth-order valence-electron chi connectivity index (χ4n) is 0.895. The van der Waals surface area contributed by atoms with Crippen LogP contribution in [0.3, 0.4) is 0 Å². The van der Waals surface area contributed by atoms with Gasteiger partial charge >= 0.3 is 17.8 Å². The zero-order chi connectivity index (χ0) is 14.4. The number of hydrogen-bond donors (Lipinski definition) is 0. The van der Waals surface area contributed by atoms with Gasteiger partial charge in [0, 0.05) is 27.4 Å². The smallest absolute Gasteiger partial charge is 0.360 e. The normalized spacial score (nSPS) is 11.5. The van der Waals surface area contributed by atoms with Crippen LogP contribution in [0.15, 0.2) is 24.1 Å². The highest BCUT2D eigenvalue weighted by Crippen LogP contribution is 2.02. The lowest BCUT2D eigenvalue weighted by molar-refractivity contribution is 0.224.